The van der Waals surface area contributed by atoms with Crippen molar-refractivity contribution in [1.29, 1.82) is 0 Å². The molecule has 3 N–H and O–H groups in total. The number of nitrogens with one attached hydrogen (secondary N) is 2. The maximum atomic E-state index is 12.2. The zero-order chi connectivity index (χ0) is 25.5. The largest absolute Gasteiger partial charge is 0.483 e. The third-order valence-corrected chi connectivity index (χ3v) is 5.80. The number of carboxylic acids is 1. The molecule has 2 atom stereocenters. The summed E-state index contributed by atoms with van der Waals surface area (Å²) in [4.78, 5) is 47.8. The van der Waals surface area contributed by atoms with Crippen LogP contribution in [0.4, 0.5) is 0 Å². The zero-order valence-electron chi connectivity index (χ0n) is 19.8. The molecular weight excluding hydrogens is 452 g/mol. The first-order valence-electron chi connectivity index (χ1n) is 11.3. The Balaban J connectivity index is 1.66. The smallest absolute Gasteiger partial charge is 0.336 e. The molecule has 1 heterocycles. The minimum atomic E-state index is -1.13. The van der Waals surface area contributed by atoms with Gasteiger partial charge in [-0.1, -0.05) is 50.6 Å². The number of ether oxygens (including phenoxy) is 1. The summed E-state index contributed by atoms with van der Waals surface area (Å²) in [5, 5.41) is 14.8. The number of rotatable bonds is 10. The molecule has 0 fully saturated rings. The van der Waals surface area contributed by atoms with Crippen LogP contribution in [0, 0.1) is 12.8 Å². The zero-order valence-corrected chi connectivity index (χ0v) is 19.8. The molecule has 0 unspecified atom stereocenters. The van der Waals surface area contributed by atoms with Crippen LogP contribution in [0.15, 0.2) is 57.7 Å². The normalized spacial score (nSPS) is 12.5. The quantitative estimate of drug-likeness (QED) is 0.380. The van der Waals surface area contributed by atoms with Gasteiger partial charge in [-0.05, 0) is 36.1 Å². The van der Waals surface area contributed by atoms with Gasteiger partial charge < -0.3 is 24.9 Å². The van der Waals surface area contributed by atoms with Gasteiger partial charge in [0.1, 0.15) is 17.4 Å². The summed E-state index contributed by atoms with van der Waals surface area (Å²) in [7, 11) is 0. The summed E-state index contributed by atoms with van der Waals surface area (Å²) >= 11 is 0. The van der Waals surface area contributed by atoms with Crippen molar-refractivity contribution in [3.63, 3.8) is 0 Å². The highest BCUT2D eigenvalue weighted by atomic mass is 16.5. The number of carboxylic acid groups (broad SMARTS) is 1. The standard InChI is InChI=1S/C26H28N2O7/c1-4-15(2)24(26(32)33)28-21(29)13-27-22(30)14-34-20-11-10-18-19(17-8-6-5-7-9-17)12-23(31)35-25(18)16(20)3/h5-12,15,24H,4,13-14H2,1-3H3,(H,27,30)(H,28,29)(H,32,33)/t15-,24-/m0/s1. The molecule has 0 bridgehead atoms. The average molecular weight is 481 g/mol. The molecule has 3 aromatic rings. The third-order valence-electron chi connectivity index (χ3n) is 5.80. The molecule has 35 heavy (non-hydrogen) atoms. The fourth-order valence-corrected chi connectivity index (χ4v) is 3.64. The van der Waals surface area contributed by atoms with E-state index in [0.29, 0.717) is 23.3 Å². The van der Waals surface area contributed by atoms with Gasteiger partial charge in [0.2, 0.25) is 5.91 Å². The molecule has 0 spiro atoms. The number of hydrogen-bond donors (Lipinski definition) is 3. The second-order valence-electron chi connectivity index (χ2n) is 8.24. The highest BCUT2D eigenvalue weighted by Crippen LogP contribution is 2.32. The lowest BCUT2D eigenvalue weighted by Gasteiger charge is -2.20. The van der Waals surface area contributed by atoms with Crippen molar-refractivity contribution < 1.29 is 28.6 Å². The molecule has 0 aliphatic heterocycles. The van der Waals surface area contributed by atoms with Crippen LogP contribution in [0.5, 0.6) is 5.75 Å². The number of fused-ring (bicyclic) bond motifs is 1. The molecule has 9 nitrogen and oxygen atoms in total. The van der Waals surface area contributed by atoms with Crippen molar-refractivity contribution in [3.05, 3.63) is 64.5 Å². The molecule has 0 aliphatic carbocycles. The van der Waals surface area contributed by atoms with Gasteiger partial charge in [0.25, 0.3) is 5.91 Å². The van der Waals surface area contributed by atoms with Crippen LogP contribution < -0.4 is 21.0 Å². The number of hydrogen-bond acceptors (Lipinski definition) is 6. The summed E-state index contributed by atoms with van der Waals surface area (Å²) in [5.74, 6) is -2.20. The van der Waals surface area contributed by atoms with E-state index in [9.17, 15) is 24.3 Å². The molecule has 2 aromatic carbocycles. The fourth-order valence-electron chi connectivity index (χ4n) is 3.64. The number of amides is 2. The first-order valence-corrected chi connectivity index (χ1v) is 11.3. The lowest BCUT2D eigenvalue weighted by molar-refractivity contribution is -0.143. The van der Waals surface area contributed by atoms with Crippen LogP contribution in [0.3, 0.4) is 0 Å². The van der Waals surface area contributed by atoms with E-state index in [2.05, 4.69) is 10.6 Å². The summed E-state index contributed by atoms with van der Waals surface area (Å²) in [6, 6.07) is 13.3. The van der Waals surface area contributed by atoms with Gasteiger partial charge in [-0.25, -0.2) is 9.59 Å². The van der Waals surface area contributed by atoms with Crippen LogP contribution in [0.25, 0.3) is 22.1 Å². The van der Waals surface area contributed by atoms with Crippen LogP contribution in [0.1, 0.15) is 25.8 Å². The van der Waals surface area contributed by atoms with Crippen molar-refractivity contribution in [2.24, 2.45) is 5.92 Å². The van der Waals surface area contributed by atoms with Crippen molar-refractivity contribution >= 4 is 28.8 Å². The average Bonchev–Trinajstić information content (AvgIpc) is 2.85. The van der Waals surface area contributed by atoms with Gasteiger partial charge >= 0.3 is 11.6 Å². The van der Waals surface area contributed by atoms with E-state index in [0.717, 1.165) is 16.5 Å². The predicted octanol–water partition coefficient (Wildman–Crippen LogP) is 2.88. The Morgan fingerprint density at radius 1 is 1.09 bits per heavy atom. The summed E-state index contributed by atoms with van der Waals surface area (Å²) < 4.78 is 11.0. The SMILES string of the molecule is CC[C@H](C)[C@H](NC(=O)CNC(=O)COc1ccc2c(-c3ccccc3)cc(=O)oc2c1C)C(=O)O. The topological polar surface area (TPSA) is 135 Å². The van der Waals surface area contributed by atoms with E-state index in [1.807, 2.05) is 37.3 Å². The molecule has 0 radical (unpaired) electrons. The van der Waals surface area contributed by atoms with E-state index in [1.165, 1.54) is 6.07 Å². The van der Waals surface area contributed by atoms with Crippen LogP contribution in [-0.2, 0) is 14.4 Å². The molecule has 1 aromatic heterocycles. The Morgan fingerprint density at radius 2 is 1.80 bits per heavy atom. The maximum absolute atomic E-state index is 12.2. The first kappa shape index (κ1) is 25.5. The molecule has 2 amide bonds. The Hall–Kier alpha value is -4.14. The molecule has 0 saturated carbocycles. The number of carbonyl (C=O) groups is 3. The fraction of sp³-hybridized carbons (Fsp3) is 0.308. The Labute approximate surface area is 202 Å². The molecule has 9 heteroatoms. The lowest BCUT2D eigenvalue weighted by Crippen LogP contribution is -2.48. The van der Waals surface area contributed by atoms with Crippen LogP contribution in [-0.4, -0.2) is 42.1 Å². The second kappa shape index (κ2) is 11.3. The monoisotopic (exact) mass is 480 g/mol. The Bertz CT molecular complexity index is 1280. The van der Waals surface area contributed by atoms with Crippen molar-refractivity contribution in [2.45, 2.75) is 33.2 Å². The molecule has 0 aliphatic rings. The summed E-state index contributed by atoms with van der Waals surface area (Å²) in [6.45, 7) is 4.52. The first-order chi connectivity index (χ1) is 16.7. The molecule has 184 valence electrons. The van der Waals surface area contributed by atoms with Gasteiger partial charge in [0.15, 0.2) is 6.61 Å². The predicted molar refractivity (Wildman–Crippen MR) is 130 cm³/mol. The Kier molecular flexibility index (Phi) is 8.25. The highest BCUT2D eigenvalue weighted by Gasteiger charge is 2.25. The number of benzene rings is 2. The van der Waals surface area contributed by atoms with Crippen molar-refractivity contribution in [1.82, 2.24) is 10.6 Å². The van der Waals surface area contributed by atoms with Crippen molar-refractivity contribution in [3.8, 4) is 16.9 Å². The Morgan fingerprint density at radius 3 is 2.46 bits per heavy atom. The highest BCUT2D eigenvalue weighted by molar-refractivity contribution is 5.95. The number of aryl methyl sites for hydroxylation is 1. The van der Waals surface area contributed by atoms with Gasteiger partial charge in [-0.15, -0.1) is 0 Å². The number of aliphatic carboxylic acids is 1. The van der Waals surface area contributed by atoms with Gasteiger partial charge in [-0.3, -0.25) is 9.59 Å². The minimum absolute atomic E-state index is 0.256. The molecule has 0 saturated heterocycles. The van der Waals surface area contributed by atoms with E-state index < -0.39 is 29.5 Å². The maximum Gasteiger partial charge on any atom is 0.336 e. The van der Waals surface area contributed by atoms with Crippen molar-refractivity contribution in [2.75, 3.05) is 13.2 Å². The second-order valence-corrected chi connectivity index (χ2v) is 8.24. The van der Waals surface area contributed by atoms with Gasteiger partial charge in [0, 0.05) is 17.0 Å². The molecule has 3 rings (SSSR count). The number of carbonyl (C=O) groups excluding carboxylic acids is 2. The molecular formula is C26H28N2O7. The van der Waals surface area contributed by atoms with Gasteiger partial charge in [-0.2, -0.15) is 0 Å². The van der Waals surface area contributed by atoms with Gasteiger partial charge in [0.05, 0.1) is 6.54 Å². The third kappa shape index (κ3) is 6.26. The van der Waals surface area contributed by atoms with E-state index in [1.54, 1.807) is 26.0 Å². The van der Waals surface area contributed by atoms with E-state index >= 15 is 0 Å². The summed E-state index contributed by atoms with van der Waals surface area (Å²) in [5.41, 5.74) is 2.01. The lowest BCUT2D eigenvalue weighted by atomic mass is 9.99. The van der Waals surface area contributed by atoms with E-state index in [-0.39, 0.29) is 19.1 Å². The minimum Gasteiger partial charge on any atom is -0.483 e. The van der Waals surface area contributed by atoms with E-state index in [4.69, 9.17) is 9.15 Å². The summed E-state index contributed by atoms with van der Waals surface area (Å²) in [6.07, 6.45) is 0.579. The van der Waals surface area contributed by atoms with Crippen LogP contribution in [0.2, 0.25) is 0 Å². The van der Waals surface area contributed by atoms with Crippen LogP contribution >= 0.6 is 0 Å².